The summed E-state index contributed by atoms with van der Waals surface area (Å²) in [5.74, 6) is 0.785. The van der Waals surface area contributed by atoms with Gasteiger partial charge in [0.25, 0.3) is 5.91 Å². The molecule has 3 N–H and O–H groups in total. The minimum Gasteiger partial charge on any atom is -0.436 e. The molecular weight excluding hydrogens is 284 g/mol. The maximum atomic E-state index is 12.2. The van der Waals surface area contributed by atoms with Crippen LogP contribution in [-0.2, 0) is 0 Å². The molecule has 0 radical (unpaired) electrons. The van der Waals surface area contributed by atoms with Crippen molar-refractivity contribution < 1.29 is 14.3 Å². The summed E-state index contributed by atoms with van der Waals surface area (Å²) in [7, 11) is 0. The van der Waals surface area contributed by atoms with Crippen molar-refractivity contribution in [3.8, 4) is 0 Å². The number of aromatic nitrogens is 3. The van der Waals surface area contributed by atoms with Gasteiger partial charge in [-0.3, -0.25) is 4.79 Å². The summed E-state index contributed by atoms with van der Waals surface area (Å²) in [6.45, 7) is 5.05. The number of carbonyl (C=O) groups excluding carboxylic acids is 1. The van der Waals surface area contributed by atoms with Gasteiger partial charge in [-0.1, -0.05) is 0 Å². The molecule has 7 nitrogen and oxygen atoms in total. The molecule has 1 atom stereocenters. The van der Waals surface area contributed by atoms with E-state index in [1.165, 1.54) is 0 Å². The van der Waals surface area contributed by atoms with Gasteiger partial charge in [0.2, 0.25) is 5.76 Å². The first kappa shape index (κ1) is 14.3. The van der Waals surface area contributed by atoms with E-state index in [1.807, 2.05) is 0 Å². The number of amides is 1. The number of aliphatic hydroxyl groups excluding tert-OH is 1. The molecule has 22 heavy (non-hydrogen) atoms. The SMILES string of the molecule is Cc1nc(C)c(C(=O)Nc2ccc3nc([C@H](C)O)[nH]c3c2)o1. The maximum absolute atomic E-state index is 12.2. The number of aryl methyl sites for hydroxylation is 2. The van der Waals surface area contributed by atoms with Gasteiger partial charge in [-0.15, -0.1) is 0 Å². The minimum atomic E-state index is -0.676. The van der Waals surface area contributed by atoms with Crippen molar-refractivity contribution in [2.45, 2.75) is 26.9 Å². The van der Waals surface area contributed by atoms with E-state index in [0.717, 1.165) is 11.0 Å². The summed E-state index contributed by atoms with van der Waals surface area (Å²) < 4.78 is 5.29. The van der Waals surface area contributed by atoms with Crippen LogP contribution in [-0.4, -0.2) is 26.0 Å². The Morgan fingerprint density at radius 3 is 2.77 bits per heavy atom. The zero-order valence-corrected chi connectivity index (χ0v) is 12.5. The quantitative estimate of drug-likeness (QED) is 0.689. The number of fused-ring (bicyclic) bond motifs is 1. The summed E-state index contributed by atoms with van der Waals surface area (Å²) in [4.78, 5) is 23.5. The van der Waals surface area contributed by atoms with E-state index >= 15 is 0 Å². The molecule has 0 fully saturated rings. The summed E-state index contributed by atoms with van der Waals surface area (Å²) >= 11 is 0. The summed E-state index contributed by atoms with van der Waals surface area (Å²) in [6, 6.07) is 5.27. The van der Waals surface area contributed by atoms with Crippen molar-refractivity contribution in [3.05, 3.63) is 41.4 Å². The molecule has 0 aliphatic rings. The third-order valence-electron chi connectivity index (χ3n) is 3.26. The molecule has 0 aliphatic heterocycles. The van der Waals surface area contributed by atoms with E-state index in [0.29, 0.717) is 23.1 Å². The molecule has 7 heteroatoms. The van der Waals surface area contributed by atoms with Crippen molar-refractivity contribution in [1.82, 2.24) is 15.0 Å². The molecule has 3 aromatic rings. The molecule has 2 aromatic heterocycles. The second kappa shape index (κ2) is 5.27. The lowest BCUT2D eigenvalue weighted by Gasteiger charge is -2.03. The Bertz CT molecular complexity index is 848. The fourth-order valence-electron chi connectivity index (χ4n) is 2.23. The first-order valence-electron chi connectivity index (χ1n) is 6.87. The first-order chi connectivity index (χ1) is 10.4. The van der Waals surface area contributed by atoms with Gasteiger partial charge in [0.1, 0.15) is 11.9 Å². The van der Waals surface area contributed by atoms with Crippen molar-refractivity contribution in [2.24, 2.45) is 0 Å². The third-order valence-corrected chi connectivity index (χ3v) is 3.26. The molecule has 114 valence electrons. The van der Waals surface area contributed by atoms with E-state index in [2.05, 4.69) is 20.3 Å². The van der Waals surface area contributed by atoms with Crippen molar-refractivity contribution in [1.29, 1.82) is 0 Å². The Morgan fingerprint density at radius 2 is 2.14 bits per heavy atom. The minimum absolute atomic E-state index is 0.201. The average molecular weight is 300 g/mol. The summed E-state index contributed by atoms with van der Waals surface area (Å²) in [5, 5.41) is 12.3. The largest absolute Gasteiger partial charge is 0.436 e. The highest BCUT2D eigenvalue weighted by atomic mass is 16.4. The Kier molecular flexibility index (Phi) is 3.42. The lowest BCUT2D eigenvalue weighted by atomic mass is 10.2. The number of rotatable bonds is 3. The van der Waals surface area contributed by atoms with Gasteiger partial charge in [-0.05, 0) is 32.0 Å². The van der Waals surface area contributed by atoms with E-state index in [-0.39, 0.29) is 11.7 Å². The second-order valence-electron chi connectivity index (χ2n) is 5.13. The smallest absolute Gasteiger partial charge is 0.293 e. The number of nitrogens with one attached hydrogen (secondary N) is 2. The number of hydrogen-bond acceptors (Lipinski definition) is 5. The predicted octanol–water partition coefficient (Wildman–Crippen LogP) is 2.47. The zero-order valence-electron chi connectivity index (χ0n) is 12.5. The number of hydrogen-bond donors (Lipinski definition) is 3. The molecule has 0 saturated heterocycles. The number of H-pyrrole nitrogens is 1. The lowest BCUT2D eigenvalue weighted by molar-refractivity contribution is 0.0994. The number of oxazole rings is 1. The van der Waals surface area contributed by atoms with Gasteiger partial charge in [-0.2, -0.15) is 0 Å². The molecule has 0 unspecified atom stereocenters. The fraction of sp³-hybridized carbons (Fsp3) is 0.267. The van der Waals surface area contributed by atoms with Crippen molar-refractivity contribution >= 4 is 22.6 Å². The predicted molar refractivity (Wildman–Crippen MR) is 80.7 cm³/mol. The Balaban J connectivity index is 1.87. The fourth-order valence-corrected chi connectivity index (χ4v) is 2.23. The number of benzene rings is 1. The standard InChI is InChI=1S/C15H16N4O3/c1-7-13(22-9(3)16-7)15(21)17-10-4-5-11-12(6-10)19-14(18-11)8(2)20/h4-6,8,20H,1-3H3,(H,17,21)(H,18,19)/t8-/m0/s1. The van der Waals surface area contributed by atoms with E-state index in [9.17, 15) is 9.90 Å². The average Bonchev–Trinajstić information content (AvgIpc) is 3.01. The van der Waals surface area contributed by atoms with Crippen LogP contribution >= 0.6 is 0 Å². The number of imidazole rings is 1. The molecule has 0 saturated carbocycles. The van der Waals surface area contributed by atoms with E-state index in [1.54, 1.807) is 39.0 Å². The molecule has 1 aromatic carbocycles. The van der Waals surface area contributed by atoms with Crippen molar-refractivity contribution in [3.63, 3.8) is 0 Å². The van der Waals surface area contributed by atoms with Crippen LogP contribution in [0.5, 0.6) is 0 Å². The molecule has 2 heterocycles. The number of nitrogens with zero attached hydrogens (tertiary/aromatic N) is 2. The highest BCUT2D eigenvalue weighted by molar-refractivity contribution is 6.03. The summed E-state index contributed by atoms with van der Waals surface area (Å²) in [5.41, 5.74) is 2.61. The first-order valence-corrected chi connectivity index (χ1v) is 6.87. The van der Waals surface area contributed by atoms with Crippen LogP contribution in [0.15, 0.2) is 22.6 Å². The third kappa shape index (κ3) is 2.58. The van der Waals surface area contributed by atoms with Gasteiger partial charge >= 0.3 is 0 Å². The Labute approximate surface area is 126 Å². The second-order valence-corrected chi connectivity index (χ2v) is 5.13. The normalized spacial score (nSPS) is 12.5. The zero-order chi connectivity index (χ0) is 15.9. The Morgan fingerprint density at radius 1 is 1.36 bits per heavy atom. The monoisotopic (exact) mass is 300 g/mol. The van der Waals surface area contributed by atoms with Crippen LogP contribution in [0.2, 0.25) is 0 Å². The molecule has 1 amide bonds. The maximum Gasteiger partial charge on any atom is 0.293 e. The van der Waals surface area contributed by atoms with Crippen LogP contribution in [0, 0.1) is 13.8 Å². The number of aromatic amines is 1. The number of aliphatic hydroxyl groups is 1. The van der Waals surface area contributed by atoms with Gasteiger partial charge in [-0.25, -0.2) is 9.97 Å². The lowest BCUT2D eigenvalue weighted by Crippen LogP contribution is -2.12. The van der Waals surface area contributed by atoms with Crippen molar-refractivity contribution in [2.75, 3.05) is 5.32 Å². The molecule has 0 spiro atoms. The topological polar surface area (TPSA) is 104 Å². The number of carbonyl (C=O) groups is 1. The Hall–Kier alpha value is -2.67. The molecule has 0 aliphatic carbocycles. The van der Waals surface area contributed by atoms with E-state index < -0.39 is 6.10 Å². The van der Waals surface area contributed by atoms with Crippen LogP contribution in [0.4, 0.5) is 5.69 Å². The van der Waals surface area contributed by atoms with E-state index in [4.69, 9.17) is 4.42 Å². The summed E-state index contributed by atoms with van der Waals surface area (Å²) in [6.07, 6.45) is -0.676. The van der Waals surface area contributed by atoms with Gasteiger partial charge in [0, 0.05) is 12.6 Å². The molecule has 3 rings (SSSR count). The van der Waals surface area contributed by atoms with Crippen LogP contribution in [0.1, 0.15) is 41.0 Å². The highest BCUT2D eigenvalue weighted by Crippen LogP contribution is 2.21. The van der Waals surface area contributed by atoms with Crippen LogP contribution in [0.25, 0.3) is 11.0 Å². The molecular formula is C15H16N4O3. The van der Waals surface area contributed by atoms with Gasteiger partial charge in [0.05, 0.1) is 16.7 Å². The van der Waals surface area contributed by atoms with Gasteiger partial charge < -0.3 is 19.8 Å². The van der Waals surface area contributed by atoms with Crippen LogP contribution < -0.4 is 5.32 Å². The van der Waals surface area contributed by atoms with Gasteiger partial charge in [0.15, 0.2) is 5.89 Å². The highest BCUT2D eigenvalue weighted by Gasteiger charge is 2.16. The van der Waals surface area contributed by atoms with Crippen LogP contribution in [0.3, 0.4) is 0 Å². The number of anilines is 1. The molecule has 0 bridgehead atoms.